The van der Waals surface area contributed by atoms with E-state index in [1.165, 1.54) is 4.31 Å². The van der Waals surface area contributed by atoms with E-state index in [0.29, 0.717) is 18.6 Å². The SMILES string of the molecule is COc1ccc(S(=O)(=O)N(Cc2ccccc2)[C@@H]2CCCC[C@@H]2C(=O)OC(C)(C)C)cc1. The highest BCUT2D eigenvalue weighted by Gasteiger charge is 2.42. The number of methoxy groups -OCH3 is 1. The van der Waals surface area contributed by atoms with E-state index in [-0.39, 0.29) is 17.4 Å². The van der Waals surface area contributed by atoms with Gasteiger partial charge in [-0.15, -0.1) is 0 Å². The van der Waals surface area contributed by atoms with E-state index in [0.717, 1.165) is 18.4 Å². The summed E-state index contributed by atoms with van der Waals surface area (Å²) in [5.74, 6) is -0.243. The lowest BCUT2D eigenvalue weighted by Gasteiger charge is -2.39. The zero-order valence-electron chi connectivity index (χ0n) is 19.3. The number of carbonyl (C=O) groups is 1. The van der Waals surface area contributed by atoms with Crippen LogP contribution in [-0.4, -0.2) is 37.4 Å². The molecular formula is C25H33NO5S. The molecule has 0 aliphatic heterocycles. The average Bonchev–Trinajstić information content (AvgIpc) is 2.77. The first-order chi connectivity index (χ1) is 15.1. The number of esters is 1. The molecule has 1 fully saturated rings. The van der Waals surface area contributed by atoms with Crippen molar-refractivity contribution < 1.29 is 22.7 Å². The van der Waals surface area contributed by atoms with Gasteiger partial charge in [-0.2, -0.15) is 4.31 Å². The van der Waals surface area contributed by atoms with Crippen molar-refractivity contribution in [3.05, 3.63) is 60.2 Å². The average molecular weight is 460 g/mol. The molecule has 0 radical (unpaired) electrons. The van der Waals surface area contributed by atoms with Crippen molar-refractivity contribution in [1.29, 1.82) is 0 Å². The van der Waals surface area contributed by atoms with Gasteiger partial charge in [-0.05, 0) is 63.4 Å². The molecule has 2 aromatic carbocycles. The highest BCUT2D eigenvalue weighted by molar-refractivity contribution is 7.89. The van der Waals surface area contributed by atoms with Crippen LogP contribution < -0.4 is 4.74 Å². The quantitative estimate of drug-likeness (QED) is 0.557. The number of ether oxygens (including phenoxy) is 2. The van der Waals surface area contributed by atoms with Gasteiger partial charge in [0.15, 0.2) is 0 Å². The number of hydrogen-bond acceptors (Lipinski definition) is 5. The summed E-state index contributed by atoms with van der Waals surface area (Å²) in [6, 6.07) is 15.4. The van der Waals surface area contributed by atoms with Crippen LogP contribution in [0.5, 0.6) is 5.75 Å². The fraction of sp³-hybridized carbons (Fsp3) is 0.480. The van der Waals surface area contributed by atoms with Crippen LogP contribution in [0.3, 0.4) is 0 Å². The van der Waals surface area contributed by atoms with Gasteiger partial charge in [-0.3, -0.25) is 4.79 Å². The van der Waals surface area contributed by atoms with Gasteiger partial charge in [-0.1, -0.05) is 43.2 Å². The standard InChI is InChI=1S/C25H33NO5S/c1-25(2,3)31-24(27)22-12-8-9-13-23(22)26(18-19-10-6-5-7-11-19)32(28,29)21-16-14-20(30-4)15-17-21/h5-7,10-11,14-17,22-23H,8-9,12-13,18H2,1-4H3/t22-,23+/m0/s1. The highest BCUT2D eigenvalue weighted by atomic mass is 32.2. The van der Waals surface area contributed by atoms with E-state index >= 15 is 0 Å². The monoisotopic (exact) mass is 459 g/mol. The maximum Gasteiger partial charge on any atom is 0.311 e. The normalized spacial score (nSPS) is 19.5. The summed E-state index contributed by atoms with van der Waals surface area (Å²) >= 11 is 0. The third-order valence-electron chi connectivity index (χ3n) is 5.66. The van der Waals surface area contributed by atoms with Crippen molar-refractivity contribution in [2.75, 3.05) is 7.11 Å². The summed E-state index contributed by atoms with van der Waals surface area (Å²) in [6.07, 6.45) is 2.98. The third kappa shape index (κ3) is 5.90. The minimum Gasteiger partial charge on any atom is -0.497 e. The molecule has 2 aromatic rings. The van der Waals surface area contributed by atoms with Crippen LogP contribution in [0.1, 0.15) is 52.0 Å². The summed E-state index contributed by atoms with van der Waals surface area (Å²) in [6.45, 7) is 5.69. The first-order valence-corrected chi connectivity index (χ1v) is 12.5. The number of benzene rings is 2. The summed E-state index contributed by atoms with van der Waals surface area (Å²) in [4.78, 5) is 13.3. The van der Waals surface area contributed by atoms with Crippen LogP contribution in [0, 0.1) is 5.92 Å². The Labute approximate surface area is 191 Å². The molecule has 0 aromatic heterocycles. The maximum atomic E-state index is 13.8. The van der Waals surface area contributed by atoms with Crippen LogP contribution in [0.15, 0.2) is 59.5 Å². The van der Waals surface area contributed by atoms with Gasteiger partial charge in [0.25, 0.3) is 0 Å². The molecule has 2 atom stereocenters. The zero-order chi connectivity index (χ0) is 23.4. The maximum absolute atomic E-state index is 13.8. The summed E-state index contributed by atoms with van der Waals surface area (Å²) in [7, 11) is -2.32. The second kappa shape index (κ2) is 10.0. The van der Waals surface area contributed by atoms with Crippen molar-refractivity contribution in [2.24, 2.45) is 5.92 Å². The lowest BCUT2D eigenvalue weighted by Crippen LogP contribution is -2.49. The Morgan fingerprint density at radius 2 is 1.62 bits per heavy atom. The molecule has 3 rings (SSSR count). The fourth-order valence-electron chi connectivity index (χ4n) is 4.14. The molecule has 0 unspecified atom stereocenters. The van der Waals surface area contributed by atoms with Gasteiger partial charge < -0.3 is 9.47 Å². The van der Waals surface area contributed by atoms with Crippen LogP contribution in [0.4, 0.5) is 0 Å². The van der Waals surface area contributed by atoms with Gasteiger partial charge in [0.2, 0.25) is 10.0 Å². The van der Waals surface area contributed by atoms with Gasteiger partial charge >= 0.3 is 5.97 Å². The predicted molar refractivity (Wildman–Crippen MR) is 124 cm³/mol. The summed E-state index contributed by atoms with van der Waals surface area (Å²) < 4.78 is 40.0. The molecule has 7 heteroatoms. The largest absolute Gasteiger partial charge is 0.497 e. The molecule has 0 bridgehead atoms. The third-order valence-corrected chi connectivity index (χ3v) is 7.54. The summed E-state index contributed by atoms with van der Waals surface area (Å²) in [5.41, 5.74) is 0.246. The minimum absolute atomic E-state index is 0.183. The number of nitrogens with zero attached hydrogens (tertiary/aromatic N) is 1. The second-order valence-electron chi connectivity index (χ2n) is 9.20. The van der Waals surface area contributed by atoms with Gasteiger partial charge in [0, 0.05) is 12.6 Å². The van der Waals surface area contributed by atoms with Gasteiger partial charge in [0.05, 0.1) is 17.9 Å². The number of hydrogen-bond donors (Lipinski definition) is 0. The lowest BCUT2D eigenvalue weighted by atomic mass is 9.84. The van der Waals surface area contributed by atoms with Crippen molar-refractivity contribution >= 4 is 16.0 Å². The minimum atomic E-state index is -3.86. The number of carbonyl (C=O) groups excluding carboxylic acids is 1. The van der Waals surface area contributed by atoms with Crippen LogP contribution in [-0.2, 0) is 26.1 Å². The van der Waals surface area contributed by atoms with Crippen LogP contribution >= 0.6 is 0 Å². The Morgan fingerprint density at radius 1 is 1.00 bits per heavy atom. The molecule has 0 spiro atoms. The lowest BCUT2D eigenvalue weighted by molar-refractivity contribution is -0.163. The van der Waals surface area contributed by atoms with Crippen molar-refractivity contribution in [3.63, 3.8) is 0 Å². The Kier molecular flexibility index (Phi) is 7.62. The Balaban J connectivity index is 2.01. The molecular weight excluding hydrogens is 426 g/mol. The zero-order valence-corrected chi connectivity index (χ0v) is 20.1. The smallest absolute Gasteiger partial charge is 0.311 e. The molecule has 0 saturated heterocycles. The first kappa shape index (κ1) is 24.3. The van der Waals surface area contributed by atoms with E-state index < -0.39 is 27.6 Å². The Bertz CT molecular complexity index is 997. The molecule has 1 aliphatic rings. The fourth-order valence-corrected chi connectivity index (χ4v) is 5.81. The molecule has 0 N–H and O–H groups in total. The topological polar surface area (TPSA) is 72.9 Å². The Hall–Kier alpha value is -2.38. The predicted octanol–water partition coefficient (Wildman–Crippen LogP) is 4.79. The molecule has 1 aliphatic carbocycles. The van der Waals surface area contributed by atoms with Gasteiger partial charge in [-0.25, -0.2) is 8.42 Å². The van der Waals surface area contributed by atoms with E-state index in [2.05, 4.69) is 0 Å². The summed E-state index contributed by atoms with van der Waals surface area (Å²) in [5, 5.41) is 0. The molecule has 174 valence electrons. The van der Waals surface area contributed by atoms with E-state index in [1.54, 1.807) is 31.4 Å². The molecule has 0 amide bonds. The number of rotatable bonds is 7. The van der Waals surface area contributed by atoms with E-state index in [1.807, 2.05) is 51.1 Å². The number of sulfonamides is 1. The molecule has 1 saturated carbocycles. The van der Waals surface area contributed by atoms with Crippen molar-refractivity contribution in [3.8, 4) is 5.75 Å². The molecule has 32 heavy (non-hydrogen) atoms. The van der Waals surface area contributed by atoms with Gasteiger partial charge in [0.1, 0.15) is 11.4 Å². The van der Waals surface area contributed by atoms with Crippen molar-refractivity contribution in [2.45, 2.75) is 69.5 Å². The van der Waals surface area contributed by atoms with Crippen LogP contribution in [0.25, 0.3) is 0 Å². The Morgan fingerprint density at radius 3 is 2.22 bits per heavy atom. The molecule has 6 nitrogen and oxygen atoms in total. The second-order valence-corrected chi connectivity index (χ2v) is 11.1. The van der Waals surface area contributed by atoms with Crippen LogP contribution in [0.2, 0.25) is 0 Å². The van der Waals surface area contributed by atoms with E-state index in [4.69, 9.17) is 9.47 Å². The first-order valence-electron chi connectivity index (χ1n) is 11.0. The van der Waals surface area contributed by atoms with Crippen molar-refractivity contribution in [1.82, 2.24) is 4.31 Å². The highest BCUT2D eigenvalue weighted by Crippen LogP contribution is 2.35. The molecule has 0 heterocycles. The van der Waals surface area contributed by atoms with E-state index in [9.17, 15) is 13.2 Å².